The quantitative estimate of drug-likeness (QED) is 0.354. The maximum absolute atomic E-state index is 4.98. The van der Waals surface area contributed by atoms with Crippen LogP contribution in [-0.2, 0) is 6.42 Å². The molecule has 1 N–H and O–H groups in total. The number of aromatic nitrogens is 2. The molecule has 2 heteroatoms. The van der Waals surface area contributed by atoms with E-state index in [0.717, 1.165) is 34.8 Å². The highest BCUT2D eigenvalue weighted by molar-refractivity contribution is 5.81. The molecular weight excluding hydrogens is 376 g/mol. The first-order valence-electron chi connectivity index (χ1n) is 11.7. The van der Waals surface area contributed by atoms with Crippen molar-refractivity contribution >= 4 is 0 Å². The van der Waals surface area contributed by atoms with Gasteiger partial charge in [0.05, 0.1) is 11.4 Å². The van der Waals surface area contributed by atoms with E-state index in [1.807, 2.05) is 53.7 Å². The van der Waals surface area contributed by atoms with Crippen molar-refractivity contribution in [2.45, 2.75) is 54.9 Å². The molecule has 1 aromatic heterocycles. The largest absolute Gasteiger partial charge is 0.337 e. The minimum Gasteiger partial charge on any atom is -0.337 e. The van der Waals surface area contributed by atoms with Crippen LogP contribution in [0.25, 0.3) is 33.9 Å². The monoisotopic (exact) mass is 414 g/mol. The summed E-state index contributed by atoms with van der Waals surface area (Å²) in [5.74, 6) is 0.926. The normalized spacial score (nSPS) is 9.26. The average Bonchev–Trinajstić information content (AvgIpc) is 3.34. The van der Waals surface area contributed by atoms with Gasteiger partial charge in [-0.15, -0.1) is 0 Å². The Morgan fingerprint density at radius 1 is 0.613 bits per heavy atom. The van der Waals surface area contributed by atoms with E-state index in [1.165, 1.54) is 11.1 Å². The third kappa shape index (κ3) is 6.68. The molecule has 0 saturated carbocycles. The topological polar surface area (TPSA) is 28.7 Å². The predicted molar refractivity (Wildman–Crippen MR) is 138 cm³/mol. The van der Waals surface area contributed by atoms with Crippen molar-refractivity contribution < 1.29 is 0 Å². The zero-order chi connectivity index (χ0) is 23.1. The number of hydrogen-bond donors (Lipinski definition) is 1. The fourth-order valence-electron chi connectivity index (χ4n) is 3.18. The summed E-state index contributed by atoms with van der Waals surface area (Å²) in [6.45, 7) is 14.2. The first-order valence-corrected chi connectivity index (χ1v) is 11.7. The maximum Gasteiger partial charge on any atom is 0.138 e. The molecule has 0 aliphatic rings. The molecule has 0 spiro atoms. The maximum atomic E-state index is 4.98. The number of H-pyrrole nitrogens is 1. The molecule has 4 rings (SSSR count). The van der Waals surface area contributed by atoms with Gasteiger partial charge >= 0.3 is 0 Å². The van der Waals surface area contributed by atoms with Gasteiger partial charge in [0.15, 0.2) is 0 Å². The first kappa shape index (κ1) is 25.9. The van der Waals surface area contributed by atoms with Crippen LogP contribution in [0.1, 0.15) is 54.0 Å². The van der Waals surface area contributed by atoms with Crippen molar-refractivity contribution in [3.63, 3.8) is 0 Å². The van der Waals surface area contributed by atoms with Crippen LogP contribution in [0.2, 0.25) is 0 Å². The summed E-state index contributed by atoms with van der Waals surface area (Å²) in [6.07, 6.45) is 0.984. The minimum atomic E-state index is 0.926. The van der Waals surface area contributed by atoms with Crippen molar-refractivity contribution in [2.24, 2.45) is 0 Å². The number of nitrogens with zero attached hydrogens (tertiary/aromatic N) is 1. The van der Waals surface area contributed by atoms with Gasteiger partial charge in [-0.25, -0.2) is 4.98 Å². The van der Waals surface area contributed by atoms with Crippen LogP contribution < -0.4 is 0 Å². The molecule has 0 saturated heterocycles. The van der Waals surface area contributed by atoms with Gasteiger partial charge in [-0.3, -0.25) is 0 Å². The van der Waals surface area contributed by atoms with E-state index >= 15 is 0 Å². The lowest BCUT2D eigenvalue weighted by molar-refractivity contribution is 1.13. The Morgan fingerprint density at radius 2 is 1.10 bits per heavy atom. The highest BCUT2D eigenvalue weighted by atomic mass is 14.9. The third-order valence-electron chi connectivity index (χ3n) is 4.47. The summed E-state index contributed by atoms with van der Waals surface area (Å²) in [5.41, 5.74) is 6.80. The molecule has 0 atom stereocenters. The number of imidazole rings is 1. The number of aromatic amines is 1. The van der Waals surface area contributed by atoms with Crippen LogP contribution >= 0.6 is 0 Å². The second-order valence-corrected chi connectivity index (χ2v) is 6.05. The molecule has 0 bridgehead atoms. The number of nitrogens with one attached hydrogen (secondary N) is 1. The van der Waals surface area contributed by atoms with Gasteiger partial charge in [0.25, 0.3) is 0 Å². The van der Waals surface area contributed by atoms with E-state index in [1.54, 1.807) is 0 Å². The van der Waals surface area contributed by atoms with Gasteiger partial charge in [-0.1, -0.05) is 133 Å². The Balaban J connectivity index is 0.000000739. The smallest absolute Gasteiger partial charge is 0.138 e. The van der Waals surface area contributed by atoms with Crippen molar-refractivity contribution in [3.05, 3.63) is 90.5 Å². The predicted octanol–water partition coefficient (Wildman–Crippen LogP) is 9.05. The Bertz CT molecular complexity index is 913. The van der Waals surface area contributed by atoms with Crippen LogP contribution in [0.3, 0.4) is 0 Å². The molecule has 0 amide bonds. The van der Waals surface area contributed by atoms with E-state index in [0.29, 0.717) is 0 Å². The molecule has 0 aliphatic heterocycles. The van der Waals surface area contributed by atoms with E-state index < -0.39 is 0 Å². The second-order valence-electron chi connectivity index (χ2n) is 6.05. The van der Waals surface area contributed by atoms with Crippen LogP contribution in [0.15, 0.2) is 84.9 Å². The summed E-state index contributed by atoms with van der Waals surface area (Å²) in [4.78, 5) is 8.56. The molecule has 31 heavy (non-hydrogen) atoms. The summed E-state index contributed by atoms with van der Waals surface area (Å²) in [7, 11) is 0. The summed E-state index contributed by atoms with van der Waals surface area (Å²) < 4.78 is 0. The van der Waals surface area contributed by atoms with Crippen LogP contribution in [0, 0.1) is 0 Å². The van der Waals surface area contributed by atoms with Gasteiger partial charge in [0.2, 0.25) is 0 Å². The SMILES string of the molecule is CC.CC.CC.CCc1ccccc1-c1nc(-c2ccccc2)c(-c2ccccc2)[nH]1. The van der Waals surface area contributed by atoms with E-state index in [-0.39, 0.29) is 0 Å². The van der Waals surface area contributed by atoms with Crippen molar-refractivity contribution in [2.75, 3.05) is 0 Å². The Kier molecular flexibility index (Phi) is 12.4. The highest BCUT2D eigenvalue weighted by Crippen LogP contribution is 2.33. The summed E-state index contributed by atoms with van der Waals surface area (Å²) >= 11 is 0. The molecule has 164 valence electrons. The molecule has 0 fully saturated rings. The number of rotatable bonds is 4. The third-order valence-corrected chi connectivity index (χ3v) is 4.47. The van der Waals surface area contributed by atoms with E-state index in [2.05, 4.69) is 84.7 Å². The fraction of sp³-hybridized carbons (Fsp3) is 0.276. The fourth-order valence-corrected chi connectivity index (χ4v) is 3.18. The molecule has 1 heterocycles. The standard InChI is InChI=1S/C23H20N2.3C2H6/c1-2-17-11-9-10-16-20(17)23-24-21(18-12-5-3-6-13-18)22(25-23)19-14-7-4-8-15-19;3*1-2/h3-16H,2H2,1H3,(H,24,25);3*1-2H3. The van der Waals surface area contributed by atoms with Gasteiger partial charge in [-0.05, 0) is 12.0 Å². The molecule has 3 aromatic carbocycles. The van der Waals surface area contributed by atoms with Crippen LogP contribution in [0.5, 0.6) is 0 Å². The molecular formula is C29H38N2. The molecule has 0 aliphatic carbocycles. The van der Waals surface area contributed by atoms with Crippen LogP contribution in [0.4, 0.5) is 0 Å². The lowest BCUT2D eigenvalue weighted by atomic mass is 10.1. The number of aryl methyl sites for hydroxylation is 1. The van der Waals surface area contributed by atoms with Crippen molar-refractivity contribution in [1.29, 1.82) is 0 Å². The van der Waals surface area contributed by atoms with E-state index in [9.17, 15) is 0 Å². The van der Waals surface area contributed by atoms with E-state index in [4.69, 9.17) is 4.98 Å². The van der Waals surface area contributed by atoms with Crippen LogP contribution in [-0.4, -0.2) is 9.97 Å². The average molecular weight is 415 g/mol. The van der Waals surface area contributed by atoms with Crippen molar-refractivity contribution in [3.8, 4) is 33.9 Å². The summed E-state index contributed by atoms with van der Waals surface area (Å²) in [5, 5.41) is 0. The zero-order valence-corrected chi connectivity index (χ0v) is 20.2. The second kappa shape index (κ2) is 14.8. The Hall–Kier alpha value is -3.13. The molecule has 0 unspecified atom stereocenters. The zero-order valence-electron chi connectivity index (χ0n) is 20.2. The van der Waals surface area contributed by atoms with Crippen molar-refractivity contribution in [1.82, 2.24) is 9.97 Å². The number of hydrogen-bond acceptors (Lipinski definition) is 1. The first-order chi connectivity index (χ1) is 15.4. The molecule has 4 aromatic rings. The van der Waals surface area contributed by atoms with Gasteiger partial charge in [-0.2, -0.15) is 0 Å². The highest BCUT2D eigenvalue weighted by Gasteiger charge is 2.16. The lowest BCUT2D eigenvalue weighted by Gasteiger charge is -2.04. The van der Waals surface area contributed by atoms with Gasteiger partial charge < -0.3 is 4.98 Å². The van der Waals surface area contributed by atoms with Gasteiger partial charge in [0.1, 0.15) is 5.82 Å². The minimum absolute atomic E-state index is 0.926. The molecule has 0 radical (unpaired) electrons. The van der Waals surface area contributed by atoms with Gasteiger partial charge in [0, 0.05) is 16.7 Å². The number of benzene rings is 3. The Morgan fingerprint density at radius 3 is 1.65 bits per heavy atom. The lowest BCUT2D eigenvalue weighted by Crippen LogP contribution is -1.88. The summed E-state index contributed by atoms with van der Waals surface area (Å²) in [6, 6.07) is 29.2. The Labute approximate surface area is 189 Å². The molecule has 2 nitrogen and oxygen atoms in total.